The Labute approximate surface area is 100 Å². The van der Waals surface area contributed by atoms with E-state index in [1.165, 1.54) is 6.07 Å². The van der Waals surface area contributed by atoms with E-state index in [-0.39, 0.29) is 12.2 Å². The van der Waals surface area contributed by atoms with E-state index in [0.717, 1.165) is 6.07 Å². The molecule has 0 saturated heterocycles. The van der Waals surface area contributed by atoms with Gasteiger partial charge in [0.05, 0.1) is 10.9 Å². The average molecular weight is 289 g/mol. The fourth-order valence-corrected chi connectivity index (χ4v) is 2.27. The van der Waals surface area contributed by atoms with Crippen LogP contribution < -0.4 is 0 Å². The standard InChI is InChI=1S/C11H10BrFO3/c12-7-3-6(8(13)4-9(7)14)11(1-2-11)5-10(15)16/h3-4,14H,1-2,5H2,(H,15,16). The average Bonchev–Trinajstić information content (AvgIpc) is 2.91. The van der Waals surface area contributed by atoms with Crippen molar-refractivity contribution in [1.29, 1.82) is 0 Å². The van der Waals surface area contributed by atoms with E-state index in [1.54, 1.807) is 0 Å². The Morgan fingerprint density at radius 1 is 1.50 bits per heavy atom. The van der Waals surface area contributed by atoms with Crippen molar-refractivity contribution in [3.63, 3.8) is 0 Å². The van der Waals surface area contributed by atoms with Crippen LogP contribution in [0, 0.1) is 5.82 Å². The molecule has 0 spiro atoms. The van der Waals surface area contributed by atoms with Crippen LogP contribution in [0.5, 0.6) is 5.75 Å². The minimum absolute atomic E-state index is 0.0683. The molecule has 16 heavy (non-hydrogen) atoms. The molecule has 1 fully saturated rings. The summed E-state index contributed by atoms with van der Waals surface area (Å²) in [6.07, 6.45) is 1.28. The maximum Gasteiger partial charge on any atom is 0.304 e. The minimum Gasteiger partial charge on any atom is -0.507 e. The lowest BCUT2D eigenvalue weighted by atomic mass is 9.92. The zero-order valence-corrected chi connectivity index (χ0v) is 9.92. The second-order valence-electron chi connectivity index (χ2n) is 4.13. The van der Waals surface area contributed by atoms with E-state index >= 15 is 0 Å². The molecule has 0 heterocycles. The number of aromatic hydroxyl groups is 1. The zero-order valence-electron chi connectivity index (χ0n) is 8.33. The smallest absolute Gasteiger partial charge is 0.304 e. The van der Waals surface area contributed by atoms with Crippen molar-refractivity contribution in [1.82, 2.24) is 0 Å². The molecule has 1 aliphatic rings. The highest BCUT2D eigenvalue weighted by molar-refractivity contribution is 9.10. The summed E-state index contributed by atoms with van der Waals surface area (Å²) in [7, 11) is 0. The summed E-state index contributed by atoms with van der Waals surface area (Å²) in [6, 6.07) is 2.49. The molecule has 0 bridgehead atoms. The number of benzene rings is 1. The number of rotatable bonds is 3. The van der Waals surface area contributed by atoms with Gasteiger partial charge in [-0.25, -0.2) is 4.39 Å². The molecule has 1 saturated carbocycles. The van der Waals surface area contributed by atoms with Gasteiger partial charge in [0.1, 0.15) is 11.6 Å². The molecule has 0 radical (unpaired) electrons. The van der Waals surface area contributed by atoms with Gasteiger partial charge in [0.15, 0.2) is 0 Å². The number of carbonyl (C=O) groups is 1. The van der Waals surface area contributed by atoms with Crippen LogP contribution in [0.4, 0.5) is 4.39 Å². The largest absolute Gasteiger partial charge is 0.507 e. The van der Waals surface area contributed by atoms with Crippen LogP contribution in [0.25, 0.3) is 0 Å². The minimum atomic E-state index is -0.930. The molecule has 0 unspecified atom stereocenters. The Morgan fingerprint density at radius 3 is 2.62 bits per heavy atom. The predicted octanol–water partition coefficient (Wildman–Crippen LogP) is 2.80. The maximum atomic E-state index is 13.6. The molecule has 0 aromatic heterocycles. The lowest BCUT2D eigenvalue weighted by molar-refractivity contribution is -0.137. The third kappa shape index (κ3) is 1.91. The summed E-state index contributed by atoms with van der Waals surface area (Å²) >= 11 is 3.10. The Hall–Kier alpha value is -1.10. The van der Waals surface area contributed by atoms with E-state index in [0.29, 0.717) is 22.9 Å². The predicted molar refractivity (Wildman–Crippen MR) is 58.9 cm³/mol. The van der Waals surface area contributed by atoms with Gasteiger partial charge in [0.25, 0.3) is 0 Å². The molecule has 1 aromatic rings. The molecule has 3 nitrogen and oxygen atoms in total. The maximum absolute atomic E-state index is 13.6. The van der Waals surface area contributed by atoms with Crippen molar-refractivity contribution in [3.8, 4) is 5.75 Å². The molecular formula is C11H10BrFO3. The lowest BCUT2D eigenvalue weighted by Gasteiger charge is -2.15. The normalized spacial score (nSPS) is 17.1. The highest BCUT2D eigenvalue weighted by Gasteiger charge is 2.47. The van der Waals surface area contributed by atoms with E-state index in [9.17, 15) is 14.3 Å². The number of hydrogen-bond donors (Lipinski definition) is 2. The highest BCUT2D eigenvalue weighted by atomic mass is 79.9. The van der Waals surface area contributed by atoms with Gasteiger partial charge in [0.2, 0.25) is 0 Å². The van der Waals surface area contributed by atoms with Crippen LogP contribution in [-0.2, 0) is 10.2 Å². The van der Waals surface area contributed by atoms with Crippen LogP contribution >= 0.6 is 15.9 Å². The number of phenolic OH excluding ortho intramolecular Hbond substituents is 1. The number of halogens is 2. The number of phenols is 1. The van der Waals surface area contributed by atoms with Crippen LogP contribution in [0.15, 0.2) is 16.6 Å². The second kappa shape index (κ2) is 3.73. The van der Waals surface area contributed by atoms with Crippen molar-refractivity contribution in [2.24, 2.45) is 0 Å². The zero-order chi connectivity index (χ0) is 11.9. The molecule has 1 aromatic carbocycles. The molecule has 0 amide bonds. The van der Waals surface area contributed by atoms with Gasteiger partial charge >= 0.3 is 5.97 Å². The molecular weight excluding hydrogens is 279 g/mol. The Bertz CT molecular complexity index is 455. The summed E-state index contributed by atoms with van der Waals surface area (Å²) in [5, 5.41) is 18.1. The lowest BCUT2D eigenvalue weighted by Crippen LogP contribution is -2.14. The third-order valence-electron chi connectivity index (χ3n) is 2.95. The van der Waals surface area contributed by atoms with Crippen molar-refractivity contribution in [3.05, 3.63) is 28.0 Å². The molecule has 0 atom stereocenters. The molecule has 2 N–H and O–H groups in total. The van der Waals surface area contributed by atoms with Crippen LogP contribution in [-0.4, -0.2) is 16.2 Å². The van der Waals surface area contributed by atoms with Crippen molar-refractivity contribution >= 4 is 21.9 Å². The van der Waals surface area contributed by atoms with E-state index < -0.39 is 17.2 Å². The summed E-state index contributed by atoms with van der Waals surface area (Å²) < 4.78 is 14.0. The van der Waals surface area contributed by atoms with Crippen molar-refractivity contribution in [2.75, 3.05) is 0 Å². The van der Waals surface area contributed by atoms with Crippen LogP contribution in [0.1, 0.15) is 24.8 Å². The fraction of sp³-hybridized carbons (Fsp3) is 0.364. The number of aliphatic carboxylic acids is 1. The Morgan fingerprint density at radius 2 is 2.12 bits per heavy atom. The topological polar surface area (TPSA) is 57.5 Å². The molecule has 1 aliphatic carbocycles. The van der Waals surface area contributed by atoms with Gasteiger partial charge in [-0.1, -0.05) is 0 Å². The number of carboxylic acids is 1. The number of carboxylic acid groups (broad SMARTS) is 1. The van der Waals surface area contributed by atoms with Gasteiger partial charge < -0.3 is 10.2 Å². The first-order valence-electron chi connectivity index (χ1n) is 4.85. The van der Waals surface area contributed by atoms with Gasteiger partial charge in [-0.2, -0.15) is 0 Å². The van der Waals surface area contributed by atoms with Crippen LogP contribution in [0.2, 0.25) is 0 Å². The summed E-state index contributed by atoms with van der Waals surface area (Å²) in [6.45, 7) is 0. The van der Waals surface area contributed by atoms with Crippen molar-refractivity contribution < 1.29 is 19.4 Å². The van der Waals surface area contributed by atoms with E-state index in [1.807, 2.05) is 0 Å². The van der Waals surface area contributed by atoms with Gasteiger partial charge in [-0.3, -0.25) is 4.79 Å². The van der Waals surface area contributed by atoms with Gasteiger partial charge in [-0.15, -0.1) is 0 Å². The van der Waals surface area contributed by atoms with Gasteiger partial charge in [0, 0.05) is 11.5 Å². The first kappa shape index (κ1) is 11.4. The summed E-state index contributed by atoms with van der Waals surface area (Å²) in [4.78, 5) is 10.7. The summed E-state index contributed by atoms with van der Waals surface area (Å²) in [5.41, 5.74) is -0.203. The first-order chi connectivity index (χ1) is 7.44. The fourth-order valence-electron chi connectivity index (χ4n) is 1.92. The SMILES string of the molecule is O=C(O)CC1(c2cc(Br)c(O)cc2F)CC1. The molecule has 0 aliphatic heterocycles. The monoisotopic (exact) mass is 288 g/mol. The van der Waals surface area contributed by atoms with E-state index in [2.05, 4.69) is 15.9 Å². The van der Waals surface area contributed by atoms with Crippen molar-refractivity contribution in [2.45, 2.75) is 24.7 Å². The van der Waals surface area contributed by atoms with E-state index in [4.69, 9.17) is 5.11 Å². The number of hydrogen-bond acceptors (Lipinski definition) is 2. The molecule has 2 rings (SSSR count). The molecule has 5 heteroatoms. The molecule has 86 valence electrons. The highest BCUT2D eigenvalue weighted by Crippen LogP contribution is 2.52. The van der Waals surface area contributed by atoms with Crippen LogP contribution in [0.3, 0.4) is 0 Å². The summed E-state index contributed by atoms with van der Waals surface area (Å²) in [5.74, 6) is -1.65. The Balaban J connectivity index is 2.41. The second-order valence-corrected chi connectivity index (χ2v) is 4.99. The Kier molecular flexibility index (Phi) is 2.66. The third-order valence-corrected chi connectivity index (χ3v) is 3.59. The van der Waals surface area contributed by atoms with Gasteiger partial charge in [-0.05, 0) is 40.4 Å². The first-order valence-corrected chi connectivity index (χ1v) is 5.64. The quantitative estimate of drug-likeness (QED) is 0.899.